The Hall–Kier alpha value is -2.21. The molecule has 1 saturated heterocycles. The van der Waals surface area contributed by atoms with Gasteiger partial charge in [0.2, 0.25) is 11.8 Å². The minimum Gasteiger partial charge on any atom is -0.356 e. The van der Waals surface area contributed by atoms with Crippen molar-refractivity contribution in [2.24, 2.45) is 5.92 Å². The molecule has 3 rings (SSSR count). The van der Waals surface area contributed by atoms with E-state index in [9.17, 15) is 14.0 Å². The van der Waals surface area contributed by atoms with Crippen molar-refractivity contribution in [1.82, 2.24) is 10.2 Å². The molecule has 0 spiro atoms. The van der Waals surface area contributed by atoms with Crippen LogP contribution in [0, 0.1) is 11.7 Å². The van der Waals surface area contributed by atoms with Gasteiger partial charge in [-0.1, -0.05) is 24.3 Å². The second-order valence-electron chi connectivity index (χ2n) is 6.54. The molecule has 2 amide bonds. The van der Waals surface area contributed by atoms with Gasteiger partial charge in [-0.2, -0.15) is 0 Å². The quantitative estimate of drug-likeness (QED) is 0.845. The van der Waals surface area contributed by atoms with Gasteiger partial charge in [0.1, 0.15) is 5.82 Å². The van der Waals surface area contributed by atoms with Crippen molar-refractivity contribution >= 4 is 23.2 Å². The summed E-state index contributed by atoms with van der Waals surface area (Å²) in [6.45, 7) is 1.67. The Morgan fingerprint density at radius 1 is 1.15 bits per heavy atom. The summed E-state index contributed by atoms with van der Waals surface area (Å²) < 4.78 is 13.6. The second-order valence-corrected chi connectivity index (χ2v) is 7.58. The summed E-state index contributed by atoms with van der Waals surface area (Å²) in [6.07, 6.45) is 2.29. The first-order chi connectivity index (χ1) is 12.6. The zero-order valence-electron chi connectivity index (χ0n) is 14.6. The number of benzene rings is 1. The molecule has 1 aliphatic heterocycles. The Balaban J connectivity index is 1.39. The van der Waals surface area contributed by atoms with Gasteiger partial charge in [0.25, 0.3) is 0 Å². The van der Waals surface area contributed by atoms with Crippen LogP contribution in [0.25, 0.3) is 0 Å². The van der Waals surface area contributed by atoms with E-state index < -0.39 is 0 Å². The summed E-state index contributed by atoms with van der Waals surface area (Å²) in [4.78, 5) is 27.5. The zero-order valence-corrected chi connectivity index (χ0v) is 15.4. The molecule has 2 heterocycles. The van der Waals surface area contributed by atoms with E-state index in [1.165, 1.54) is 6.07 Å². The summed E-state index contributed by atoms with van der Waals surface area (Å²) in [5.41, 5.74) is 0.613. The fourth-order valence-electron chi connectivity index (χ4n) is 3.23. The maximum Gasteiger partial charge on any atom is 0.227 e. The Bertz CT molecular complexity index is 740. The summed E-state index contributed by atoms with van der Waals surface area (Å²) in [7, 11) is 0. The standard InChI is InChI=1S/C20H23FN2O2S/c21-18-6-2-1-4-15(18)7-10-22-20(25)16-8-11-23(12-9-16)19(24)14-17-5-3-13-26-17/h1-6,13,16H,7-12,14H2,(H,22,25). The first kappa shape index (κ1) is 18.6. The molecule has 2 aromatic rings. The van der Waals surface area contributed by atoms with Gasteiger partial charge in [-0.05, 0) is 42.3 Å². The van der Waals surface area contributed by atoms with Crippen LogP contribution in [-0.2, 0) is 22.4 Å². The van der Waals surface area contributed by atoms with Gasteiger partial charge in [-0.3, -0.25) is 9.59 Å². The Morgan fingerprint density at radius 2 is 1.92 bits per heavy atom. The summed E-state index contributed by atoms with van der Waals surface area (Å²) in [6, 6.07) is 10.5. The first-order valence-corrected chi connectivity index (χ1v) is 9.82. The molecule has 6 heteroatoms. The molecule has 0 atom stereocenters. The predicted octanol–water partition coefficient (Wildman–Crippen LogP) is 3.03. The molecule has 1 N–H and O–H groups in total. The van der Waals surface area contributed by atoms with E-state index in [2.05, 4.69) is 5.32 Å². The third kappa shape index (κ3) is 4.91. The molecular weight excluding hydrogens is 351 g/mol. The third-order valence-electron chi connectivity index (χ3n) is 4.78. The fraction of sp³-hybridized carbons (Fsp3) is 0.400. The van der Waals surface area contributed by atoms with Crippen LogP contribution in [0.3, 0.4) is 0 Å². The monoisotopic (exact) mass is 374 g/mol. The zero-order chi connectivity index (χ0) is 18.4. The summed E-state index contributed by atoms with van der Waals surface area (Å²) in [5.74, 6) is -0.168. The number of nitrogens with zero attached hydrogens (tertiary/aromatic N) is 1. The van der Waals surface area contributed by atoms with E-state index in [0.29, 0.717) is 50.9 Å². The van der Waals surface area contributed by atoms with Crippen molar-refractivity contribution < 1.29 is 14.0 Å². The lowest BCUT2D eigenvalue weighted by molar-refractivity contribution is -0.135. The average molecular weight is 374 g/mol. The smallest absolute Gasteiger partial charge is 0.227 e. The molecule has 1 aromatic carbocycles. The van der Waals surface area contributed by atoms with Crippen LogP contribution in [0.5, 0.6) is 0 Å². The Labute approximate surface area is 157 Å². The lowest BCUT2D eigenvalue weighted by Crippen LogP contribution is -2.43. The molecule has 0 saturated carbocycles. The topological polar surface area (TPSA) is 49.4 Å². The van der Waals surface area contributed by atoms with E-state index in [1.54, 1.807) is 29.5 Å². The molecule has 0 aliphatic carbocycles. The highest BCUT2D eigenvalue weighted by molar-refractivity contribution is 7.10. The third-order valence-corrected chi connectivity index (χ3v) is 5.65. The van der Waals surface area contributed by atoms with Crippen molar-refractivity contribution in [3.63, 3.8) is 0 Å². The molecule has 0 unspecified atom stereocenters. The number of likely N-dealkylation sites (tertiary alicyclic amines) is 1. The fourth-order valence-corrected chi connectivity index (χ4v) is 3.93. The normalized spacial score (nSPS) is 15.0. The van der Waals surface area contributed by atoms with Gasteiger partial charge in [0.05, 0.1) is 6.42 Å². The largest absolute Gasteiger partial charge is 0.356 e. The van der Waals surface area contributed by atoms with Crippen LogP contribution in [0.4, 0.5) is 4.39 Å². The maximum absolute atomic E-state index is 13.6. The van der Waals surface area contributed by atoms with Crippen LogP contribution >= 0.6 is 11.3 Å². The van der Waals surface area contributed by atoms with Gasteiger partial charge in [0, 0.05) is 30.4 Å². The number of thiophene rings is 1. The van der Waals surface area contributed by atoms with Gasteiger partial charge < -0.3 is 10.2 Å². The molecule has 1 aromatic heterocycles. The van der Waals surface area contributed by atoms with Crippen LogP contribution in [0.15, 0.2) is 41.8 Å². The minimum atomic E-state index is -0.237. The number of amides is 2. The van der Waals surface area contributed by atoms with E-state index in [4.69, 9.17) is 0 Å². The summed E-state index contributed by atoms with van der Waals surface area (Å²) >= 11 is 1.59. The number of nitrogens with one attached hydrogen (secondary N) is 1. The second kappa shape index (κ2) is 8.94. The van der Waals surface area contributed by atoms with Crippen molar-refractivity contribution in [3.05, 3.63) is 58.0 Å². The number of hydrogen-bond acceptors (Lipinski definition) is 3. The van der Waals surface area contributed by atoms with E-state index in [-0.39, 0.29) is 23.5 Å². The molecule has 1 aliphatic rings. The Morgan fingerprint density at radius 3 is 2.62 bits per heavy atom. The molecule has 26 heavy (non-hydrogen) atoms. The molecule has 4 nitrogen and oxygen atoms in total. The molecule has 0 radical (unpaired) electrons. The van der Waals surface area contributed by atoms with Crippen LogP contribution in [0.2, 0.25) is 0 Å². The van der Waals surface area contributed by atoms with E-state index in [1.807, 2.05) is 22.4 Å². The minimum absolute atomic E-state index is 0.00620. The van der Waals surface area contributed by atoms with Gasteiger partial charge >= 0.3 is 0 Å². The summed E-state index contributed by atoms with van der Waals surface area (Å²) in [5, 5.41) is 4.87. The first-order valence-electron chi connectivity index (χ1n) is 8.95. The number of rotatable bonds is 6. The van der Waals surface area contributed by atoms with E-state index in [0.717, 1.165) is 4.88 Å². The highest BCUT2D eigenvalue weighted by atomic mass is 32.1. The van der Waals surface area contributed by atoms with Crippen molar-refractivity contribution in [2.75, 3.05) is 19.6 Å². The Kier molecular flexibility index (Phi) is 6.39. The molecule has 1 fully saturated rings. The highest BCUT2D eigenvalue weighted by Crippen LogP contribution is 2.19. The lowest BCUT2D eigenvalue weighted by Gasteiger charge is -2.31. The van der Waals surface area contributed by atoms with Crippen LogP contribution < -0.4 is 5.32 Å². The van der Waals surface area contributed by atoms with Crippen LogP contribution in [0.1, 0.15) is 23.3 Å². The number of carbonyl (C=O) groups is 2. The van der Waals surface area contributed by atoms with E-state index >= 15 is 0 Å². The van der Waals surface area contributed by atoms with Crippen molar-refractivity contribution in [2.45, 2.75) is 25.7 Å². The van der Waals surface area contributed by atoms with Gasteiger partial charge in [-0.15, -0.1) is 11.3 Å². The van der Waals surface area contributed by atoms with Crippen molar-refractivity contribution in [1.29, 1.82) is 0 Å². The average Bonchev–Trinajstić information content (AvgIpc) is 3.16. The molecule has 0 bridgehead atoms. The van der Waals surface area contributed by atoms with Crippen LogP contribution in [-0.4, -0.2) is 36.3 Å². The van der Waals surface area contributed by atoms with Gasteiger partial charge in [-0.25, -0.2) is 4.39 Å². The number of piperidine rings is 1. The molecule has 138 valence electrons. The predicted molar refractivity (Wildman–Crippen MR) is 100 cm³/mol. The van der Waals surface area contributed by atoms with Crippen molar-refractivity contribution in [3.8, 4) is 0 Å². The SMILES string of the molecule is O=C(NCCc1ccccc1F)C1CCN(C(=O)Cc2cccs2)CC1. The molecular formula is C20H23FN2O2S. The number of halogens is 1. The van der Waals surface area contributed by atoms with Gasteiger partial charge in [0.15, 0.2) is 0 Å². The highest BCUT2D eigenvalue weighted by Gasteiger charge is 2.27. The number of hydrogen-bond donors (Lipinski definition) is 1. The lowest BCUT2D eigenvalue weighted by atomic mass is 9.95. The number of carbonyl (C=O) groups excluding carboxylic acids is 2. The maximum atomic E-state index is 13.6.